The van der Waals surface area contributed by atoms with E-state index in [0.29, 0.717) is 19.3 Å². The van der Waals surface area contributed by atoms with Crippen molar-refractivity contribution in [3.05, 3.63) is 59.7 Å². The second kappa shape index (κ2) is 7.18. The Kier molecular flexibility index (Phi) is 4.40. The van der Waals surface area contributed by atoms with Crippen molar-refractivity contribution in [3.8, 4) is 17.2 Å². The molecule has 1 fully saturated rings. The number of likely N-dealkylation sites (tertiary alicyclic amines) is 1. The average Bonchev–Trinajstić information content (AvgIpc) is 3.26. The van der Waals surface area contributed by atoms with E-state index in [2.05, 4.69) is 66.8 Å². The Morgan fingerprint density at radius 3 is 2.58 bits per heavy atom. The van der Waals surface area contributed by atoms with Crippen LogP contribution in [0, 0.1) is 0 Å². The number of nitrogens with one attached hydrogen (secondary N) is 2. The van der Waals surface area contributed by atoms with E-state index in [1.807, 2.05) is 6.07 Å². The van der Waals surface area contributed by atoms with E-state index < -0.39 is 0 Å². The minimum absolute atomic E-state index is 0.147. The molecule has 1 spiro atoms. The molecule has 0 aromatic heterocycles. The molecule has 2 aromatic rings. The summed E-state index contributed by atoms with van der Waals surface area (Å²) in [7, 11) is 0. The fraction of sp³-hybridized carbons (Fsp3) is 0.440. The average molecular weight is 421 g/mol. The molecule has 162 valence electrons. The van der Waals surface area contributed by atoms with Gasteiger partial charge in [-0.15, -0.1) is 0 Å². The van der Waals surface area contributed by atoms with E-state index in [1.165, 1.54) is 5.56 Å². The summed E-state index contributed by atoms with van der Waals surface area (Å²) in [5.41, 5.74) is 6.82. The van der Waals surface area contributed by atoms with Gasteiger partial charge in [0, 0.05) is 11.1 Å². The first-order valence-electron chi connectivity index (χ1n) is 11.4. The second-order valence-corrected chi connectivity index (χ2v) is 9.26. The van der Waals surface area contributed by atoms with E-state index >= 15 is 0 Å². The Balaban J connectivity index is 1.36. The minimum Gasteiger partial charge on any atom is -0.486 e. The van der Waals surface area contributed by atoms with Gasteiger partial charge < -0.3 is 24.5 Å². The van der Waals surface area contributed by atoms with Gasteiger partial charge in [0.05, 0.1) is 43.7 Å². The van der Waals surface area contributed by atoms with Crippen molar-refractivity contribution in [2.45, 2.75) is 44.5 Å². The van der Waals surface area contributed by atoms with Crippen LogP contribution < -0.4 is 24.5 Å². The number of nitrogens with zero attached hydrogens (tertiary/aromatic N) is 1. The molecule has 4 aliphatic heterocycles. The van der Waals surface area contributed by atoms with Gasteiger partial charge in [0.15, 0.2) is 17.2 Å². The van der Waals surface area contributed by atoms with Crippen LogP contribution in [0.5, 0.6) is 17.2 Å². The highest BCUT2D eigenvalue weighted by Gasteiger charge is 2.52. The maximum Gasteiger partial charge on any atom is 0.191 e. The number of benzene rings is 2. The zero-order chi connectivity index (χ0) is 21.0. The lowest BCUT2D eigenvalue weighted by Gasteiger charge is -2.51. The van der Waals surface area contributed by atoms with Crippen LogP contribution in [0.15, 0.2) is 48.5 Å². The largest absolute Gasteiger partial charge is 0.486 e. The first-order chi connectivity index (χ1) is 15.1. The minimum atomic E-state index is -0.330. The summed E-state index contributed by atoms with van der Waals surface area (Å²) in [4.78, 5) is 1.66. The summed E-state index contributed by atoms with van der Waals surface area (Å²) in [6, 6.07) is 15.5. The molecule has 4 heterocycles. The van der Waals surface area contributed by atoms with Gasteiger partial charge in [-0.1, -0.05) is 18.2 Å². The normalized spacial score (nSPS) is 29.1. The molecule has 0 unspecified atom stereocenters. The van der Waals surface area contributed by atoms with Crippen molar-refractivity contribution < 1.29 is 19.1 Å². The van der Waals surface area contributed by atoms with Gasteiger partial charge in [-0.05, 0) is 44.2 Å². The molecular weight excluding hydrogens is 390 g/mol. The van der Waals surface area contributed by atoms with E-state index in [9.17, 15) is 0 Å². The van der Waals surface area contributed by atoms with Crippen molar-refractivity contribution >= 4 is 5.70 Å². The number of hydrogen-bond acceptors (Lipinski definition) is 5. The molecule has 1 saturated heterocycles. The summed E-state index contributed by atoms with van der Waals surface area (Å²) in [6.07, 6.45) is 4.33. The Morgan fingerprint density at radius 2 is 1.77 bits per heavy atom. The molecular formula is C25H30N3O3+. The molecule has 0 amide bonds. The SMILES string of the molecule is CC(C)[NH+]1CCC2(CC1)Oc1ccccc1[C@@H]1C=C(c3ccc4c(c3)OCCO4)NN12. The lowest BCUT2D eigenvalue weighted by atomic mass is 9.92. The van der Waals surface area contributed by atoms with Gasteiger partial charge in [0.25, 0.3) is 0 Å². The van der Waals surface area contributed by atoms with Gasteiger partial charge >= 0.3 is 0 Å². The van der Waals surface area contributed by atoms with Crippen LogP contribution >= 0.6 is 0 Å². The summed E-state index contributed by atoms with van der Waals surface area (Å²) in [6.45, 7) is 8.05. The topological polar surface area (TPSA) is 47.4 Å². The number of piperidine rings is 1. The first-order valence-corrected chi connectivity index (χ1v) is 11.4. The van der Waals surface area contributed by atoms with Crippen molar-refractivity contribution in [2.24, 2.45) is 0 Å². The van der Waals surface area contributed by atoms with Crippen LogP contribution in [0.3, 0.4) is 0 Å². The zero-order valence-electron chi connectivity index (χ0n) is 18.2. The highest BCUT2D eigenvalue weighted by Crippen LogP contribution is 2.48. The summed E-state index contributed by atoms with van der Waals surface area (Å²) in [5.74, 6) is 2.65. The maximum absolute atomic E-state index is 6.75. The standard InChI is InChI=1S/C25H29N3O3/c1-17(2)27-11-9-25(10-12-27)28-21(19-5-3-4-6-22(19)31-25)16-20(26-28)18-7-8-23-24(15-18)30-14-13-29-23/h3-8,15-17,21,26H,9-14H2,1-2H3/p+1/t21-/m0/s1. The Hall–Kier alpha value is -2.70. The van der Waals surface area contributed by atoms with E-state index in [0.717, 1.165) is 54.4 Å². The van der Waals surface area contributed by atoms with Gasteiger partial charge in [0.1, 0.15) is 19.0 Å². The predicted octanol–water partition coefficient (Wildman–Crippen LogP) is 2.54. The fourth-order valence-corrected chi connectivity index (χ4v) is 5.38. The third-order valence-corrected chi connectivity index (χ3v) is 7.16. The molecule has 2 aromatic carbocycles. The highest BCUT2D eigenvalue weighted by atomic mass is 16.6. The number of rotatable bonds is 2. The number of ether oxygens (including phenoxy) is 3. The highest BCUT2D eigenvalue weighted by molar-refractivity contribution is 5.70. The zero-order valence-corrected chi connectivity index (χ0v) is 18.2. The molecule has 6 rings (SSSR count). The van der Waals surface area contributed by atoms with Crippen LogP contribution in [-0.4, -0.2) is 43.1 Å². The van der Waals surface area contributed by atoms with Crippen molar-refractivity contribution in [2.75, 3.05) is 26.3 Å². The molecule has 0 bridgehead atoms. The van der Waals surface area contributed by atoms with Crippen LogP contribution in [0.1, 0.15) is 43.9 Å². The van der Waals surface area contributed by atoms with E-state index in [1.54, 1.807) is 4.90 Å². The molecule has 2 N–H and O–H groups in total. The van der Waals surface area contributed by atoms with Crippen molar-refractivity contribution in [1.82, 2.24) is 10.4 Å². The molecule has 0 radical (unpaired) electrons. The number of para-hydroxylation sites is 1. The molecule has 0 aliphatic carbocycles. The molecule has 31 heavy (non-hydrogen) atoms. The maximum atomic E-state index is 6.75. The van der Waals surface area contributed by atoms with Crippen molar-refractivity contribution in [3.63, 3.8) is 0 Å². The molecule has 6 nitrogen and oxygen atoms in total. The quantitative estimate of drug-likeness (QED) is 0.782. The third kappa shape index (κ3) is 3.08. The number of hydrazine groups is 1. The number of quaternary nitrogens is 1. The Labute approximate surface area is 183 Å². The molecule has 0 saturated carbocycles. The monoisotopic (exact) mass is 420 g/mol. The molecule has 1 atom stereocenters. The van der Waals surface area contributed by atoms with Crippen LogP contribution in [0.2, 0.25) is 0 Å². The van der Waals surface area contributed by atoms with Crippen LogP contribution in [0.25, 0.3) is 5.70 Å². The summed E-state index contributed by atoms with van der Waals surface area (Å²) >= 11 is 0. The Bertz CT molecular complexity index is 1030. The Morgan fingerprint density at radius 1 is 1.00 bits per heavy atom. The van der Waals surface area contributed by atoms with Gasteiger partial charge in [0.2, 0.25) is 0 Å². The lowest BCUT2D eigenvalue weighted by Crippen LogP contribution is -3.16. The number of hydrogen-bond donors (Lipinski definition) is 2. The third-order valence-electron chi connectivity index (χ3n) is 7.16. The van der Waals surface area contributed by atoms with Gasteiger partial charge in [-0.2, -0.15) is 5.01 Å². The summed E-state index contributed by atoms with van der Waals surface area (Å²) < 4.78 is 18.3. The summed E-state index contributed by atoms with van der Waals surface area (Å²) in [5, 5.41) is 2.36. The van der Waals surface area contributed by atoms with Gasteiger partial charge in [-0.3, -0.25) is 0 Å². The smallest absolute Gasteiger partial charge is 0.191 e. The van der Waals surface area contributed by atoms with E-state index in [4.69, 9.17) is 14.2 Å². The molecule has 6 heteroatoms. The van der Waals surface area contributed by atoms with Crippen LogP contribution in [0.4, 0.5) is 0 Å². The number of fused-ring (bicyclic) bond motifs is 5. The predicted molar refractivity (Wildman–Crippen MR) is 118 cm³/mol. The van der Waals surface area contributed by atoms with Gasteiger partial charge in [-0.25, -0.2) is 0 Å². The molecule has 4 aliphatic rings. The van der Waals surface area contributed by atoms with E-state index in [-0.39, 0.29) is 11.8 Å². The lowest BCUT2D eigenvalue weighted by molar-refractivity contribution is -0.929. The first kappa shape index (κ1) is 19.0. The van der Waals surface area contributed by atoms with Crippen LogP contribution in [-0.2, 0) is 0 Å². The second-order valence-electron chi connectivity index (χ2n) is 9.26. The van der Waals surface area contributed by atoms with Crippen molar-refractivity contribution in [1.29, 1.82) is 0 Å². The fourth-order valence-electron chi connectivity index (χ4n) is 5.38.